The number of nitrogens with zero attached hydrogens (tertiary/aromatic N) is 2. The van der Waals surface area contributed by atoms with Gasteiger partial charge in [-0.25, -0.2) is 0 Å². The zero-order valence-electron chi connectivity index (χ0n) is 10.1. The molecule has 90 valence electrons. The Morgan fingerprint density at radius 1 is 1.24 bits per heavy atom. The van der Waals surface area contributed by atoms with Gasteiger partial charge in [0.15, 0.2) is 0 Å². The van der Waals surface area contributed by atoms with E-state index in [1.165, 1.54) is 11.1 Å². The molecule has 0 fully saturated rings. The Morgan fingerprint density at radius 3 is 2.65 bits per heavy atom. The minimum atomic E-state index is 0.681. The van der Waals surface area contributed by atoms with Gasteiger partial charge in [0.1, 0.15) is 5.82 Å². The molecule has 0 saturated heterocycles. The Bertz CT molecular complexity index is 476. The Balaban J connectivity index is 2.03. The summed E-state index contributed by atoms with van der Waals surface area (Å²) < 4.78 is 1.79. The van der Waals surface area contributed by atoms with Crippen LogP contribution in [0.5, 0.6) is 0 Å². The zero-order valence-corrected chi connectivity index (χ0v) is 10.1. The average molecular weight is 230 g/mol. The van der Waals surface area contributed by atoms with Gasteiger partial charge in [0, 0.05) is 25.9 Å². The molecule has 0 aliphatic rings. The van der Waals surface area contributed by atoms with Gasteiger partial charge in [-0.15, -0.1) is 0 Å². The predicted octanol–water partition coefficient (Wildman–Crippen LogP) is 1.53. The van der Waals surface area contributed by atoms with Crippen LogP contribution >= 0.6 is 0 Å². The quantitative estimate of drug-likeness (QED) is 0.819. The van der Waals surface area contributed by atoms with E-state index >= 15 is 0 Å². The van der Waals surface area contributed by atoms with Crippen molar-refractivity contribution in [3.63, 3.8) is 0 Å². The van der Waals surface area contributed by atoms with E-state index < -0.39 is 0 Å². The SMILES string of the molecule is Cn1ccc(NCc2ccccc2CCN)n1. The van der Waals surface area contributed by atoms with Crippen molar-refractivity contribution in [1.82, 2.24) is 9.78 Å². The normalized spacial score (nSPS) is 10.5. The molecule has 0 aliphatic carbocycles. The molecule has 4 nitrogen and oxygen atoms in total. The van der Waals surface area contributed by atoms with Gasteiger partial charge < -0.3 is 11.1 Å². The van der Waals surface area contributed by atoms with Crippen LogP contribution in [0, 0.1) is 0 Å². The molecular formula is C13H18N4. The number of nitrogens with two attached hydrogens (primary N) is 1. The minimum Gasteiger partial charge on any atom is -0.365 e. The van der Waals surface area contributed by atoms with Gasteiger partial charge >= 0.3 is 0 Å². The molecule has 0 spiro atoms. The lowest BCUT2D eigenvalue weighted by atomic mass is 10.0. The van der Waals surface area contributed by atoms with Crippen molar-refractivity contribution in [1.29, 1.82) is 0 Å². The van der Waals surface area contributed by atoms with Gasteiger partial charge in [0.25, 0.3) is 0 Å². The second kappa shape index (κ2) is 5.50. The standard InChI is InChI=1S/C13H18N4/c1-17-9-7-13(16-17)15-10-12-5-3-2-4-11(12)6-8-14/h2-5,7,9H,6,8,10,14H2,1H3,(H,15,16). The number of rotatable bonds is 5. The molecule has 3 N–H and O–H groups in total. The van der Waals surface area contributed by atoms with Crippen LogP contribution in [-0.2, 0) is 20.0 Å². The summed E-state index contributed by atoms with van der Waals surface area (Å²) in [4.78, 5) is 0. The summed E-state index contributed by atoms with van der Waals surface area (Å²) in [5.41, 5.74) is 8.19. The van der Waals surface area contributed by atoms with E-state index in [0.29, 0.717) is 6.54 Å². The highest BCUT2D eigenvalue weighted by Gasteiger charge is 2.01. The highest BCUT2D eigenvalue weighted by atomic mass is 15.3. The van der Waals surface area contributed by atoms with E-state index in [-0.39, 0.29) is 0 Å². The number of nitrogens with one attached hydrogen (secondary N) is 1. The fourth-order valence-corrected chi connectivity index (χ4v) is 1.82. The number of aromatic nitrogens is 2. The summed E-state index contributed by atoms with van der Waals surface area (Å²) in [6.07, 6.45) is 2.84. The van der Waals surface area contributed by atoms with E-state index in [0.717, 1.165) is 18.8 Å². The summed E-state index contributed by atoms with van der Waals surface area (Å²) in [6, 6.07) is 10.3. The van der Waals surface area contributed by atoms with Crippen molar-refractivity contribution in [2.45, 2.75) is 13.0 Å². The second-order valence-electron chi connectivity index (χ2n) is 4.04. The van der Waals surface area contributed by atoms with Crippen LogP contribution in [-0.4, -0.2) is 16.3 Å². The summed E-state index contributed by atoms with van der Waals surface area (Å²) in [5.74, 6) is 0.898. The van der Waals surface area contributed by atoms with Gasteiger partial charge in [-0.2, -0.15) is 5.10 Å². The van der Waals surface area contributed by atoms with Crippen LogP contribution in [0.3, 0.4) is 0 Å². The van der Waals surface area contributed by atoms with Crippen LogP contribution in [0.2, 0.25) is 0 Å². The zero-order chi connectivity index (χ0) is 12.1. The maximum atomic E-state index is 5.60. The predicted molar refractivity (Wildman–Crippen MR) is 69.7 cm³/mol. The number of anilines is 1. The molecule has 17 heavy (non-hydrogen) atoms. The summed E-state index contributed by atoms with van der Waals surface area (Å²) in [5, 5.41) is 7.59. The Labute approximate surface area is 101 Å². The van der Waals surface area contributed by atoms with Crippen LogP contribution in [0.4, 0.5) is 5.82 Å². The van der Waals surface area contributed by atoms with Crippen molar-refractivity contribution >= 4 is 5.82 Å². The van der Waals surface area contributed by atoms with Crippen LogP contribution in [0.15, 0.2) is 36.5 Å². The molecule has 1 aromatic heterocycles. The van der Waals surface area contributed by atoms with E-state index in [2.05, 4.69) is 34.7 Å². The molecule has 2 rings (SSSR count). The molecule has 0 radical (unpaired) electrons. The van der Waals surface area contributed by atoms with Gasteiger partial charge in [0.05, 0.1) is 0 Å². The minimum absolute atomic E-state index is 0.681. The smallest absolute Gasteiger partial charge is 0.148 e. The molecule has 1 aromatic carbocycles. The first-order valence-electron chi connectivity index (χ1n) is 5.80. The maximum Gasteiger partial charge on any atom is 0.148 e. The fourth-order valence-electron chi connectivity index (χ4n) is 1.82. The van der Waals surface area contributed by atoms with Crippen molar-refractivity contribution in [2.75, 3.05) is 11.9 Å². The molecule has 2 aromatic rings. The molecule has 4 heteroatoms. The van der Waals surface area contributed by atoms with E-state index in [1.807, 2.05) is 19.3 Å². The molecule has 1 heterocycles. The topological polar surface area (TPSA) is 55.9 Å². The summed E-state index contributed by atoms with van der Waals surface area (Å²) >= 11 is 0. The number of hydrogen-bond acceptors (Lipinski definition) is 3. The first kappa shape index (κ1) is 11.7. The van der Waals surface area contributed by atoms with Crippen molar-refractivity contribution in [3.05, 3.63) is 47.7 Å². The van der Waals surface area contributed by atoms with Gasteiger partial charge in [0.2, 0.25) is 0 Å². The number of benzene rings is 1. The third-order valence-corrected chi connectivity index (χ3v) is 2.71. The Kier molecular flexibility index (Phi) is 3.77. The summed E-state index contributed by atoms with van der Waals surface area (Å²) in [7, 11) is 1.91. The molecule has 0 unspecified atom stereocenters. The lowest BCUT2D eigenvalue weighted by molar-refractivity contribution is 0.768. The third-order valence-electron chi connectivity index (χ3n) is 2.71. The molecule has 0 amide bonds. The van der Waals surface area contributed by atoms with Gasteiger partial charge in [-0.3, -0.25) is 4.68 Å². The molecular weight excluding hydrogens is 212 g/mol. The maximum absolute atomic E-state index is 5.60. The first-order chi connectivity index (χ1) is 8.29. The largest absolute Gasteiger partial charge is 0.365 e. The molecule has 0 aliphatic heterocycles. The van der Waals surface area contributed by atoms with Crippen molar-refractivity contribution in [3.8, 4) is 0 Å². The molecule has 0 bridgehead atoms. The average Bonchev–Trinajstić information content (AvgIpc) is 2.74. The van der Waals surface area contributed by atoms with Gasteiger partial charge in [-0.1, -0.05) is 24.3 Å². The Hall–Kier alpha value is -1.81. The van der Waals surface area contributed by atoms with Gasteiger partial charge in [-0.05, 0) is 24.1 Å². The number of aryl methyl sites for hydroxylation is 1. The monoisotopic (exact) mass is 230 g/mol. The van der Waals surface area contributed by atoms with Crippen molar-refractivity contribution in [2.24, 2.45) is 12.8 Å². The Morgan fingerprint density at radius 2 is 2.00 bits per heavy atom. The highest BCUT2D eigenvalue weighted by Crippen LogP contribution is 2.11. The highest BCUT2D eigenvalue weighted by molar-refractivity contribution is 5.36. The van der Waals surface area contributed by atoms with E-state index in [4.69, 9.17) is 5.73 Å². The fraction of sp³-hybridized carbons (Fsp3) is 0.308. The van der Waals surface area contributed by atoms with E-state index in [9.17, 15) is 0 Å². The summed E-state index contributed by atoms with van der Waals surface area (Å²) in [6.45, 7) is 1.47. The van der Waals surface area contributed by atoms with Crippen LogP contribution in [0.1, 0.15) is 11.1 Å². The third kappa shape index (κ3) is 3.07. The van der Waals surface area contributed by atoms with Crippen molar-refractivity contribution < 1.29 is 0 Å². The lowest BCUT2D eigenvalue weighted by Crippen LogP contribution is -2.08. The molecule has 0 atom stereocenters. The lowest BCUT2D eigenvalue weighted by Gasteiger charge is -2.09. The molecule has 0 saturated carbocycles. The van der Waals surface area contributed by atoms with Crippen LogP contribution in [0.25, 0.3) is 0 Å². The second-order valence-corrected chi connectivity index (χ2v) is 4.04. The van der Waals surface area contributed by atoms with E-state index in [1.54, 1.807) is 4.68 Å². The number of hydrogen-bond donors (Lipinski definition) is 2. The van der Waals surface area contributed by atoms with Crippen LogP contribution < -0.4 is 11.1 Å². The first-order valence-corrected chi connectivity index (χ1v) is 5.80.